The minimum atomic E-state index is -3.34. The molecule has 0 aliphatic rings. The van der Waals surface area contributed by atoms with Crippen LogP contribution in [0.3, 0.4) is 0 Å². The first kappa shape index (κ1) is 22.4. The van der Waals surface area contributed by atoms with Gasteiger partial charge in [-0.05, 0) is 48.4 Å². The zero-order valence-corrected chi connectivity index (χ0v) is 18.5. The van der Waals surface area contributed by atoms with E-state index in [1.165, 1.54) is 11.4 Å². The molecule has 31 heavy (non-hydrogen) atoms. The number of hydrogen-bond donors (Lipinski definition) is 1. The van der Waals surface area contributed by atoms with Crippen LogP contribution in [0, 0.1) is 0 Å². The van der Waals surface area contributed by atoms with Gasteiger partial charge in [0.25, 0.3) is 5.91 Å². The Labute approximate surface area is 182 Å². The molecule has 0 saturated heterocycles. The summed E-state index contributed by atoms with van der Waals surface area (Å²) in [6.07, 6.45) is 6.30. The second-order valence-corrected chi connectivity index (χ2v) is 9.11. The molecule has 1 heterocycles. The third-order valence-electron chi connectivity index (χ3n) is 4.84. The van der Waals surface area contributed by atoms with Crippen molar-refractivity contribution in [3.63, 3.8) is 0 Å². The third kappa shape index (κ3) is 5.85. The van der Waals surface area contributed by atoms with Gasteiger partial charge in [0.15, 0.2) is 6.10 Å². The largest absolute Gasteiger partial charge is 0.481 e. The van der Waals surface area contributed by atoms with Crippen LogP contribution in [0.15, 0.2) is 67.3 Å². The molecule has 0 radical (unpaired) electrons. The van der Waals surface area contributed by atoms with Crippen LogP contribution in [0.1, 0.15) is 18.9 Å². The van der Waals surface area contributed by atoms with Crippen molar-refractivity contribution in [1.82, 2.24) is 14.9 Å². The van der Waals surface area contributed by atoms with Gasteiger partial charge in [-0.15, -0.1) is 0 Å². The van der Waals surface area contributed by atoms with Crippen LogP contribution in [0.5, 0.6) is 5.75 Å². The number of rotatable bonds is 9. The van der Waals surface area contributed by atoms with E-state index in [1.54, 1.807) is 36.8 Å². The number of amides is 1. The van der Waals surface area contributed by atoms with E-state index in [-0.39, 0.29) is 5.91 Å². The zero-order chi connectivity index (χ0) is 22.4. The van der Waals surface area contributed by atoms with Crippen LogP contribution in [-0.4, -0.2) is 43.3 Å². The van der Waals surface area contributed by atoms with Crippen molar-refractivity contribution >= 4 is 21.6 Å². The maximum absolute atomic E-state index is 12.6. The fourth-order valence-electron chi connectivity index (χ4n) is 2.91. The summed E-state index contributed by atoms with van der Waals surface area (Å²) >= 11 is 0. The third-order valence-corrected chi connectivity index (χ3v) is 6.05. The van der Waals surface area contributed by atoms with Gasteiger partial charge in [0, 0.05) is 31.7 Å². The Morgan fingerprint density at radius 1 is 1.16 bits per heavy atom. The number of benzene rings is 2. The number of carbonyl (C=O) groups is 1. The van der Waals surface area contributed by atoms with Gasteiger partial charge in [-0.3, -0.25) is 9.10 Å². The summed E-state index contributed by atoms with van der Waals surface area (Å²) in [7, 11) is -1.85. The highest BCUT2D eigenvalue weighted by molar-refractivity contribution is 7.92. The Morgan fingerprint density at radius 3 is 2.39 bits per heavy atom. The second-order valence-electron chi connectivity index (χ2n) is 7.09. The number of aromatic nitrogens is 2. The van der Waals surface area contributed by atoms with E-state index < -0.39 is 16.1 Å². The first-order chi connectivity index (χ1) is 14.8. The van der Waals surface area contributed by atoms with Gasteiger partial charge >= 0.3 is 0 Å². The van der Waals surface area contributed by atoms with Crippen molar-refractivity contribution in [2.24, 2.45) is 0 Å². The lowest BCUT2D eigenvalue weighted by Crippen LogP contribution is -2.37. The fraction of sp³-hybridized carbons (Fsp3) is 0.273. The molecule has 0 spiro atoms. The molecule has 1 amide bonds. The Bertz CT molecular complexity index is 1100. The summed E-state index contributed by atoms with van der Waals surface area (Å²) in [5, 5.41) is 2.90. The van der Waals surface area contributed by atoms with Crippen molar-refractivity contribution < 1.29 is 17.9 Å². The molecule has 1 N–H and O–H groups in total. The second kappa shape index (κ2) is 9.65. The number of carbonyl (C=O) groups excluding carboxylic acids is 1. The molecular weight excluding hydrogens is 416 g/mol. The summed E-state index contributed by atoms with van der Waals surface area (Å²) in [4.78, 5) is 16.6. The lowest BCUT2D eigenvalue weighted by Gasteiger charge is -2.19. The molecule has 3 aromatic rings. The predicted molar refractivity (Wildman–Crippen MR) is 120 cm³/mol. The smallest absolute Gasteiger partial charge is 0.261 e. The molecule has 0 saturated carbocycles. The number of imidazole rings is 1. The molecule has 0 bridgehead atoms. The van der Waals surface area contributed by atoms with Crippen LogP contribution >= 0.6 is 0 Å². The Balaban J connectivity index is 1.56. The van der Waals surface area contributed by atoms with Gasteiger partial charge in [0.1, 0.15) is 5.75 Å². The number of ether oxygens (including phenoxy) is 1. The minimum absolute atomic E-state index is 0.210. The molecule has 1 unspecified atom stereocenters. The number of anilines is 1. The molecular formula is C22H26N4O4S. The van der Waals surface area contributed by atoms with Crippen LogP contribution < -0.4 is 14.4 Å². The molecule has 1 atom stereocenters. The first-order valence-electron chi connectivity index (χ1n) is 9.83. The summed E-state index contributed by atoms with van der Waals surface area (Å²) in [5.41, 5.74) is 2.49. The van der Waals surface area contributed by atoms with Crippen molar-refractivity contribution in [2.75, 3.05) is 17.6 Å². The van der Waals surface area contributed by atoms with E-state index in [9.17, 15) is 13.2 Å². The van der Waals surface area contributed by atoms with E-state index >= 15 is 0 Å². The number of hydrogen-bond acceptors (Lipinski definition) is 5. The fourth-order valence-corrected chi connectivity index (χ4v) is 3.42. The topological polar surface area (TPSA) is 93.5 Å². The highest BCUT2D eigenvalue weighted by atomic mass is 32.2. The summed E-state index contributed by atoms with van der Waals surface area (Å²) < 4.78 is 32.2. The average molecular weight is 443 g/mol. The number of nitrogens with one attached hydrogen (secondary N) is 1. The monoisotopic (exact) mass is 442 g/mol. The lowest BCUT2D eigenvalue weighted by atomic mass is 10.2. The maximum Gasteiger partial charge on any atom is 0.261 e. The van der Waals surface area contributed by atoms with Crippen molar-refractivity contribution in [2.45, 2.75) is 26.0 Å². The van der Waals surface area contributed by atoms with E-state index in [4.69, 9.17) is 4.74 Å². The van der Waals surface area contributed by atoms with Crippen LogP contribution in [-0.2, 0) is 21.4 Å². The standard InChI is InChI=1S/C22H26N4O4S/c1-4-21(30-20-11-9-18(10-12-20)25(2)31(3,28)29)22(27)24-15-17-5-7-19(8-6-17)26-14-13-23-16-26/h5-14,16,21H,4,15H2,1-3H3,(H,24,27). The van der Waals surface area contributed by atoms with Crippen molar-refractivity contribution in [3.8, 4) is 11.4 Å². The van der Waals surface area contributed by atoms with Gasteiger partial charge in [-0.2, -0.15) is 0 Å². The SMILES string of the molecule is CCC(Oc1ccc(N(C)S(C)(=O)=O)cc1)C(=O)NCc1ccc(-n2ccnc2)cc1. The van der Waals surface area contributed by atoms with Crippen molar-refractivity contribution in [1.29, 1.82) is 0 Å². The molecule has 2 aromatic carbocycles. The van der Waals surface area contributed by atoms with Gasteiger partial charge in [-0.1, -0.05) is 19.1 Å². The molecule has 0 aliphatic carbocycles. The number of sulfonamides is 1. The normalized spacial score (nSPS) is 12.2. The van der Waals surface area contributed by atoms with Crippen LogP contribution in [0.2, 0.25) is 0 Å². The van der Waals surface area contributed by atoms with E-state index in [2.05, 4.69) is 10.3 Å². The van der Waals surface area contributed by atoms with Gasteiger partial charge in [0.2, 0.25) is 10.0 Å². The van der Waals surface area contributed by atoms with Crippen LogP contribution in [0.25, 0.3) is 5.69 Å². The molecule has 3 rings (SSSR count). The predicted octanol–water partition coefficient (Wildman–Crippen LogP) is 2.74. The van der Waals surface area contributed by atoms with E-state index in [1.807, 2.05) is 42.0 Å². The molecule has 0 aliphatic heterocycles. The highest BCUT2D eigenvalue weighted by Crippen LogP contribution is 2.21. The maximum atomic E-state index is 12.6. The highest BCUT2D eigenvalue weighted by Gasteiger charge is 2.18. The molecule has 8 nitrogen and oxygen atoms in total. The minimum Gasteiger partial charge on any atom is -0.481 e. The van der Waals surface area contributed by atoms with E-state index in [0.29, 0.717) is 24.4 Å². The molecule has 164 valence electrons. The lowest BCUT2D eigenvalue weighted by molar-refractivity contribution is -0.128. The molecule has 0 fully saturated rings. The number of nitrogens with zero attached hydrogens (tertiary/aromatic N) is 3. The summed E-state index contributed by atoms with van der Waals surface area (Å²) in [6.45, 7) is 2.26. The van der Waals surface area contributed by atoms with Gasteiger partial charge in [0.05, 0.1) is 18.3 Å². The van der Waals surface area contributed by atoms with Crippen LogP contribution in [0.4, 0.5) is 5.69 Å². The summed E-state index contributed by atoms with van der Waals surface area (Å²) in [6, 6.07) is 14.4. The van der Waals surface area contributed by atoms with Gasteiger partial charge in [-0.25, -0.2) is 13.4 Å². The van der Waals surface area contributed by atoms with Gasteiger partial charge < -0.3 is 14.6 Å². The average Bonchev–Trinajstić information content (AvgIpc) is 3.30. The van der Waals surface area contributed by atoms with Crippen molar-refractivity contribution in [3.05, 3.63) is 72.8 Å². The molecule has 1 aromatic heterocycles. The Hall–Kier alpha value is -3.33. The Morgan fingerprint density at radius 2 is 1.84 bits per heavy atom. The molecule has 9 heteroatoms. The Kier molecular flexibility index (Phi) is 6.96. The summed E-state index contributed by atoms with van der Waals surface area (Å²) in [5.74, 6) is 0.288. The quantitative estimate of drug-likeness (QED) is 0.550. The first-order valence-corrected chi connectivity index (χ1v) is 11.7. The van der Waals surface area contributed by atoms with E-state index in [0.717, 1.165) is 17.5 Å². The zero-order valence-electron chi connectivity index (χ0n) is 17.7.